The lowest BCUT2D eigenvalue weighted by atomic mass is 10.1. The zero-order valence-corrected chi connectivity index (χ0v) is 12.4. The van der Waals surface area contributed by atoms with Gasteiger partial charge in [-0.3, -0.25) is 4.79 Å². The number of anilines is 1. The molecule has 2 heterocycles. The number of rotatable bonds is 4. The van der Waals surface area contributed by atoms with Gasteiger partial charge in [-0.25, -0.2) is 4.98 Å². The summed E-state index contributed by atoms with van der Waals surface area (Å²) in [5, 5.41) is 3.47. The Morgan fingerprint density at radius 3 is 2.57 bits per heavy atom. The Labute approximate surface area is 127 Å². The lowest BCUT2D eigenvalue weighted by Gasteiger charge is -2.05. The average Bonchev–Trinajstić information content (AvgIpc) is 3.11. The summed E-state index contributed by atoms with van der Waals surface area (Å²) in [7, 11) is 0. The molecular weight excluding hydrogens is 282 g/mol. The molecule has 0 radical (unpaired) electrons. The summed E-state index contributed by atoms with van der Waals surface area (Å²) in [6.45, 7) is 1.97. The van der Waals surface area contributed by atoms with Crippen molar-refractivity contribution in [1.82, 2.24) is 9.55 Å². The maximum absolute atomic E-state index is 12.0. The first-order valence-corrected chi connectivity index (χ1v) is 7.47. The predicted octanol–water partition coefficient (Wildman–Crippen LogP) is 3.42. The summed E-state index contributed by atoms with van der Waals surface area (Å²) in [5.41, 5.74) is 2.07. The zero-order chi connectivity index (χ0) is 14.7. The van der Waals surface area contributed by atoms with Crippen LogP contribution in [0.1, 0.15) is 10.4 Å². The van der Waals surface area contributed by atoms with Gasteiger partial charge in [-0.15, -0.1) is 11.3 Å². The summed E-state index contributed by atoms with van der Waals surface area (Å²) < 4.78 is 2.03. The predicted molar refractivity (Wildman–Crippen MR) is 85.0 cm³/mol. The van der Waals surface area contributed by atoms with Crippen LogP contribution in [0.15, 0.2) is 55.0 Å². The molecule has 3 aromatic rings. The fourth-order valence-corrected chi connectivity index (χ4v) is 2.73. The maximum Gasteiger partial charge on any atom is 0.230 e. The van der Waals surface area contributed by atoms with Gasteiger partial charge in [0.05, 0.1) is 6.42 Å². The highest BCUT2D eigenvalue weighted by Gasteiger charge is 2.06. The lowest BCUT2D eigenvalue weighted by Crippen LogP contribution is -2.14. The molecule has 0 fully saturated rings. The summed E-state index contributed by atoms with van der Waals surface area (Å²) in [6.07, 6.45) is 6.09. The average molecular weight is 297 g/mol. The molecule has 0 aliphatic carbocycles. The van der Waals surface area contributed by atoms with E-state index in [1.807, 2.05) is 60.3 Å². The molecule has 0 spiro atoms. The van der Waals surface area contributed by atoms with E-state index in [0.29, 0.717) is 11.6 Å². The largest absolute Gasteiger partial charge is 0.324 e. The van der Waals surface area contributed by atoms with Crippen LogP contribution in [0.2, 0.25) is 0 Å². The zero-order valence-electron chi connectivity index (χ0n) is 11.6. The molecule has 0 aliphatic rings. The smallest absolute Gasteiger partial charge is 0.230 e. The van der Waals surface area contributed by atoms with Crippen molar-refractivity contribution in [1.29, 1.82) is 0 Å². The van der Waals surface area contributed by atoms with Crippen molar-refractivity contribution >= 4 is 22.4 Å². The number of nitrogens with one attached hydrogen (secondary N) is 1. The normalized spacial score (nSPS) is 10.5. The standard InChI is InChI=1S/C16H15N3OS/c1-12-11-17-16(21-12)18-15(20)10-13-4-6-14(7-5-13)19-8-2-3-9-19/h2-9,11H,10H2,1H3,(H,17,18,20). The van der Waals surface area contributed by atoms with Crippen LogP contribution in [0.5, 0.6) is 0 Å². The fourth-order valence-electron chi connectivity index (χ4n) is 2.05. The number of amides is 1. The number of carbonyl (C=O) groups is 1. The summed E-state index contributed by atoms with van der Waals surface area (Å²) in [4.78, 5) is 17.2. The van der Waals surface area contributed by atoms with Crippen LogP contribution in [-0.4, -0.2) is 15.5 Å². The number of thiazole rings is 1. The Balaban J connectivity index is 1.63. The lowest BCUT2D eigenvalue weighted by molar-refractivity contribution is -0.115. The van der Waals surface area contributed by atoms with Crippen molar-refractivity contribution in [2.24, 2.45) is 0 Å². The number of nitrogens with zero attached hydrogens (tertiary/aromatic N) is 2. The minimum Gasteiger partial charge on any atom is -0.324 e. The first kappa shape index (κ1) is 13.6. The van der Waals surface area contributed by atoms with Crippen LogP contribution in [0.4, 0.5) is 5.13 Å². The third-order valence-corrected chi connectivity index (χ3v) is 3.90. The van der Waals surface area contributed by atoms with Gasteiger partial charge in [-0.05, 0) is 36.8 Å². The Morgan fingerprint density at radius 2 is 1.95 bits per heavy atom. The van der Waals surface area contributed by atoms with E-state index in [1.165, 1.54) is 11.3 Å². The monoisotopic (exact) mass is 297 g/mol. The van der Waals surface area contributed by atoms with Gasteiger partial charge in [-0.1, -0.05) is 12.1 Å². The molecule has 1 aromatic carbocycles. The Hall–Kier alpha value is -2.40. The highest BCUT2D eigenvalue weighted by Crippen LogP contribution is 2.17. The van der Waals surface area contributed by atoms with Crippen LogP contribution >= 0.6 is 11.3 Å². The number of benzene rings is 1. The third kappa shape index (κ3) is 3.38. The minimum absolute atomic E-state index is 0.0435. The number of aryl methyl sites for hydroxylation is 1. The van der Waals surface area contributed by atoms with Crippen molar-refractivity contribution in [3.8, 4) is 5.69 Å². The van der Waals surface area contributed by atoms with E-state index in [-0.39, 0.29) is 5.91 Å². The van der Waals surface area contributed by atoms with E-state index < -0.39 is 0 Å². The third-order valence-electron chi connectivity index (χ3n) is 3.07. The molecule has 1 amide bonds. The van der Waals surface area contributed by atoms with Gasteiger partial charge in [0.25, 0.3) is 0 Å². The number of hydrogen-bond donors (Lipinski definition) is 1. The van der Waals surface area contributed by atoms with Crippen LogP contribution < -0.4 is 5.32 Å². The molecule has 21 heavy (non-hydrogen) atoms. The molecule has 0 bridgehead atoms. The van der Waals surface area contributed by atoms with Crippen molar-refractivity contribution in [3.05, 3.63) is 65.4 Å². The molecule has 3 rings (SSSR count). The molecule has 0 saturated heterocycles. The number of aromatic nitrogens is 2. The van der Waals surface area contributed by atoms with Crippen LogP contribution in [-0.2, 0) is 11.2 Å². The molecule has 5 heteroatoms. The first-order valence-electron chi connectivity index (χ1n) is 6.65. The van der Waals surface area contributed by atoms with Crippen molar-refractivity contribution in [2.75, 3.05) is 5.32 Å². The SMILES string of the molecule is Cc1cnc(NC(=O)Cc2ccc(-n3cccc3)cc2)s1. The van der Waals surface area contributed by atoms with E-state index in [1.54, 1.807) is 6.20 Å². The summed E-state index contributed by atoms with van der Waals surface area (Å²) in [6, 6.07) is 11.9. The Morgan fingerprint density at radius 1 is 1.24 bits per heavy atom. The summed E-state index contributed by atoms with van der Waals surface area (Å²) in [5.74, 6) is -0.0435. The Bertz CT molecular complexity index is 729. The molecule has 0 saturated carbocycles. The second-order valence-corrected chi connectivity index (χ2v) is 5.99. The fraction of sp³-hybridized carbons (Fsp3) is 0.125. The highest BCUT2D eigenvalue weighted by atomic mass is 32.1. The van der Waals surface area contributed by atoms with E-state index in [0.717, 1.165) is 16.1 Å². The topological polar surface area (TPSA) is 46.9 Å². The van der Waals surface area contributed by atoms with Crippen LogP contribution in [0.25, 0.3) is 5.69 Å². The van der Waals surface area contributed by atoms with Crippen LogP contribution in [0.3, 0.4) is 0 Å². The van der Waals surface area contributed by atoms with E-state index in [9.17, 15) is 4.79 Å². The first-order chi connectivity index (χ1) is 10.2. The number of carbonyl (C=O) groups excluding carboxylic acids is 1. The van der Waals surface area contributed by atoms with Gasteiger partial charge in [0.2, 0.25) is 5.91 Å². The van der Waals surface area contributed by atoms with Gasteiger partial charge < -0.3 is 9.88 Å². The quantitative estimate of drug-likeness (QED) is 0.802. The van der Waals surface area contributed by atoms with Gasteiger partial charge in [0.1, 0.15) is 0 Å². The van der Waals surface area contributed by atoms with Gasteiger partial charge in [0.15, 0.2) is 5.13 Å². The molecule has 0 unspecified atom stereocenters. The van der Waals surface area contributed by atoms with E-state index >= 15 is 0 Å². The summed E-state index contributed by atoms with van der Waals surface area (Å²) >= 11 is 1.48. The second kappa shape index (κ2) is 5.93. The van der Waals surface area contributed by atoms with Crippen molar-refractivity contribution < 1.29 is 4.79 Å². The molecular formula is C16H15N3OS. The molecule has 2 aromatic heterocycles. The molecule has 106 valence electrons. The second-order valence-electron chi connectivity index (χ2n) is 4.76. The van der Waals surface area contributed by atoms with Gasteiger partial charge >= 0.3 is 0 Å². The van der Waals surface area contributed by atoms with Crippen molar-refractivity contribution in [3.63, 3.8) is 0 Å². The molecule has 4 nitrogen and oxygen atoms in total. The van der Waals surface area contributed by atoms with Crippen molar-refractivity contribution in [2.45, 2.75) is 13.3 Å². The minimum atomic E-state index is -0.0435. The van der Waals surface area contributed by atoms with E-state index in [4.69, 9.17) is 0 Å². The number of hydrogen-bond acceptors (Lipinski definition) is 3. The molecule has 0 aliphatic heterocycles. The van der Waals surface area contributed by atoms with E-state index in [2.05, 4.69) is 10.3 Å². The van der Waals surface area contributed by atoms with Crippen LogP contribution in [0, 0.1) is 6.92 Å². The maximum atomic E-state index is 12.0. The van der Waals surface area contributed by atoms with Gasteiger partial charge in [-0.2, -0.15) is 0 Å². The Kier molecular flexibility index (Phi) is 3.83. The molecule has 1 N–H and O–H groups in total. The molecule has 0 atom stereocenters. The highest BCUT2D eigenvalue weighted by molar-refractivity contribution is 7.15. The van der Waals surface area contributed by atoms with Gasteiger partial charge in [0, 0.05) is 29.2 Å².